The van der Waals surface area contributed by atoms with Crippen LogP contribution in [0.5, 0.6) is 5.75 Å². The Morgan fingerprint density at radius 1 is 1.43 bits per heavy atom. The van der Waals surface area contributed by atoms with E-state index >= 15 is 0 Å². The van der Waals surface area contributed by atoms with Gasteiger partial charge in [0.15, 0.2) is 0 Å². The Morgan fingerprint density at radius 3 is 2.93 bits per heavy atom. The minimum atomic E-state index is 0. The van der Waals surface area contributed by atoms with Gasteiger partial charge in [-0.05, 0) is 26.0 Å². The summed E-state index contributed by atoms with van der Waals surface area (Å²) in [5.74, 6) is 1.82. The molecule has 0 aliphatic carbocycles. The van der Waals surface area contributed by atoms with Gasteiger partial charge in [0, 0.05) is 6.07 Å². The number of imidazole rings is 1. The molecular weight excluding hydrogens is 200 g/mol. The standard InChI is InChI=1S/C10H12N2O.ClH/c1-3-13-8-4-5-9-10(6-8)12-7(2)11-9;/h4-6H,3H2,1-2H3,(H,11,12);1H/p-1. The highest BCUT2D eigenvalue weighted by Crippen LogP contribution is 2.18. The lowest BCUT2D eigenvalue weighted by atomic mass is 10.3. The first-order valence-electron chi connectivity index (χ1n) is 4.39. The summed E-state index contributed by atoms with van der Waals surface area (Å²) in [5, 5.41) is 0. The first-order chi connectivity index (χ1) is 6.29. The molecule has 0 aliphatic rings. The second kappa shape index (κ2) is 4.33. The molecule has 0 atom stereocenters. The number of hydrogen-bond donors (Lipinski definition) is 1. The average Bonchev–Trinajstić information content (AvgIpc) is 2.44. The second-order valence-corrected chi connectivity index (χ2v) is 2.93. The number of H-pyrrole nitrogens is 1. The van der Waals surface area contributed by atoms with Crippen LogP contribution in [0.2, 0.25) is 0 Å². The van der Waals surface area contributed by atoms with Crippen molar-refractivity contribution in [3.63, 3.8) is 0 Å². The lowest BCUT2D eigenvalue weighted by molar-refractivity contribution is -0.00000352. The number of ether oxygens (including phenoxy) is 1. The van der Waals surface area contributed by atoms with Crippen LogP contribution in [-0.4, -0.2) is 16.6 Å². The smallest absolute Gasteiger partial charge is 0.121 e. The van der Waals surface area contributed by atoms with Crippen LogP contribution in [0.1, 0.15) is 12.7 Å². The second-order valence-electron chi connectivity index (χ2n) is 2.93. The number of aryl methyl sites for hydroxylation is 1. The van der Waals surface area contributed by atoms with E-state index in [1.54, 1.807) is 0 Å². The summed E-state index contributed by atoms with van der Waals surface area (Å²) in [6.07, 6.45) is 0. The van der Waals surface area contributed by atoms with Gasteiger partial charge in [0.25, 0.3) is 0 Å². The Bertz CT molecular complexity index is 425. The van der Waals surface area contributed by atoms with E-state index in [0.29, 0.717) is 6.61 Å². The van der Waals surface area contributed by atoms with Crippen molar-refractivity contribution in [2.24, 2.45) is 0 Å². The Morgan fingerprint density at radius 2 is 2.21 bits per heavy atom. The highest BCUT2D eigenvalue weighted by atomic mass is 35.5. The number of nitrogens with zero attached hydrogens (tertiary/aromatic N) is 1. The molecule has 3 nitrogen and oxygen atoms in total. The van der Waals surface area contributed by atoms with Gasteiger partial charge in [-0.1, -0.05) is 0 Å². The van der Waals surface area contributed by atoms with Crippen LogP contribution >= 0.6 is 0 Å². The molecule has 1 aromatic heterocycles. The summed E-state index contributed by atoms with van der Waals surface area (Å²) in [6.45, 7) is 4.61. The maximum absolute atomic E-state index is 5.38. The highest BCUT2D eigenvalue weighted by molar-refractivity contribution is 5.76. The fraction of sp³-hybridized carbons (Fsp3) is 0.300. The van der Waals surface area contributed by atoms with Gasteiger partial charge in [0.1, 0.15) is 11.6 Å². The van der Waals surface area contributed by atoms with E-state index in [1.165, 1.54) is 0 Å². The van der Waals surface area contributed by atoms with Crippen LogP contribution < -0.4 is 17.1 Å². The van der Waals surface area contributed by atoms with Gasteiger partial charge < -0.3 is 22.1 Å². The minimum Gasteiger partial charge on any atom is -1.00 e. The number of aromatic nitrogens is 2. The molecule has 14 heavy (non-hydrogen) atoms. The van der Waals surface area contributed by atoms with Crippen molar-refractivity contribution < 1.29 is 17.1 Å². The molecule has 2 rings (SSSR count). The van der Waals surface area contributed by atoms with E-state index in [-0.39, 0.29) is 12.4 Å². The Kier molecular flexibility index (Phi) is 3.36. The predicted octanol–water partition coefficient (Wildman–Crippen LogP) is -0.726. The molecule has 0 fully saturated rings. The summed E-state index contributed by atoms with van der Waals surface area (Å²) in [4.78, 5) is 7.47. The maximum Gasteiger partial charge on any atom is 0.121 e. The number of halogens is 1. The van der Waals surface area contributed by atoms with Gasteiger partial charge in [-0.25, -0.2) is 4.98 Å². The monoisotopic (exact) mass is 211 g/mol. The summed E-state index contributed by atoms with van der Waals surface area (Å²) in [7, 11) is 0. The molecule has 0 amide bonds. The number of nitrogens with one attached hydrogen (secondary N) is 1. The van der Waals surface area contributed by atoms with E-state index in [4.69, 9.17) is 4.74 Å². The molecule has 2 aromatic rings. The predicted molar refractivity (Wildman–Crippen MR) is 52.0 cm³/mol. The van der Waals surface area contributed by atoms with Crippen LogP contribution in [0.25, 0.3) is 11.0 Å². The van der Waals surface area contributed by atoms with Crippen LogP contribution in [0.3, 0.4) is 0 Å². The van der Waals surface area contributed by atoms with E-state index in [0.717, 1.165) is 22.6 Å². The molecule has 0 aliphatic heterocycles. The van der Waals surface area contributed by atoms with Gasteiger partial charge >= 0.3 is 0 Å². The molecule has 0 spiro atoms. The summed E-state index contributed by atoms with van der Waals surface area (Å²) in [6, 6.07) is 5.87. The summed E-state index contributed by atoms with van der Waals surface area (Å²) >= 11 is 0. The van der Waals surface area contributed by atoms with Crippen LogP contribution in [0.15, 0.2) is 18.2 Å². The Balaban J connectivity index is 0.000000980. The summed E-state index contributed by atoms with van der Waals surface area (Å²) < 4.78 is 5.38. The van der Waals surface area contributed by atoms with Crippen molar-refractivity contribution in [3.8, 4) is 5.75 Å². The molecule has 0 saturated carbocycles. The molecule has 76 valence electrons. The Hall–Kier alpha value is -1.22. The molecule has 0 saturated heterocycles. The van der Waals surface area contributed by atoms with Crippen molar-refractivity contribution in [1.29, 1.82) is 0 Å². The molecule has 0 bridgehead atoms. The quantitative estimate of drug-likeness (QED) is 0.712. The zero-order valence-electron chi connectivity index (χ0n) is 8.17. The van der Waals surface area contributed by atoms with Crippen molar-refractivity contribution >= 4 is 11.0 Å². The third kappa shape index (κ3) is 1.99. The van der Waals surface area contributed by atoms with Gasteiger partial charge in [-0.2, -0.15) is 0 Å². The van der Waals surface area contributed by atoms with Gasteiger partial charge in [0.2, 0.25) is 0 Å². The minimum absolute atomic E-state index is 0. The molecule has 0 radical (unpaired) electrons. The molecule has 1 aromatic carbocycles. The zero-order valence-corrected chi connectivity index (χ0v) is 8.93. The normalized spacial score (nSPS) is 9.86. The maximum atomic E-state index is 5.38. The highest BCUT2D eigenvalue weighted by Gasteiger charge is 2.00. The third-order valence-corrected chi connectivity index (χ3v) is 1.88. The molecule has 4 heteroatoms. The van der Waals surface area contributed by atoms with Crippen LogP contribution in [-0.2, 0) is 0 Å². The molecule has 1 N–H and O–H groups in total. The lowest BCUT2D eigenvalue weighted by Gasteiger charge is -2.00. The lowest BCUT2D eigenvalue weighted by Crippen LogP contribution is -3.00. The largest absolute Gasteiger partial charge is 1.00 e. The number of benzene rings is 1. The number of hydrogen-bond acceptors (Lipinski definition) is 2. The van der Waals surface area contributed by atoms with Gasteiger partial charge in [-0.3, -0.25) is 0 Å². The van der Waals surface area contributed by atoms with Crippen molar-refractivity contribution in [1.82, 2.24) is 9.97 Å². The molecule has 0 unspecified atom stereocenters. The first-order valence-corrected chi connectivity index (χ1v) is 4.39. The number of fused-ring (bicyclic) bond motifs is 1. The fourth-order valence-corrected chi connectivity index (χ4v) is 1.37. The first kappa shape index (κ1) is 10.9. The van der Waals surface area contributed by atoms with Gasteiger partial charge in [-0.15, -0.1) is 0 Å². The average molecular weight is 212 g/mol. The van der Waals surface area contributed by atoms with E-state index in [2.05, 4.69) is 9.97 Å². The Labute approximate surface area is 88.9 Å². The van der Waals surface area contributed by atoms with Crippen LogP contribution in [0.4, 0.5) is 0 Å². The SMILES string of the molecule is CCOc1ccc2nc(C)[nH]c2c1.[Cl-]. The van der Waals surface area contributed by atoms with E-state index in [1.807, 2.05) is 32.0 Å². The fourth-order valence-electron chi connectivity index (χ4n) is 1.37. The zero-order chi connectivity index (χ0) is 9.26. The topological polar surface area (TPSA) is 37.9 Å². The number of aromatic amines is 1. The van der Waals surface area contributed by atoms with Crippen molar-refractivity contribution in [2.75, 3.05) is 6.61 Å². The van der Waals surface area contributed by atoms with Gasteiger partial charge in [0.05, 0.1) is 17.6 Å². The number of rotatable bonds is 2. The van der Waals surface area contributed by atoms with Crippen LogP contribution in [0, 0.1) is 6.92 Å². The third-order valence-electron chi connectivity index (χ3n) is 1.88. The molecular formula is C10H12ClN2O-. The summed E-state index contributed by atoms with van der Waals surface area (Å²) in [5.41, 5.74) is 2.02. The van der Waals surface area contributed by atoms with Crippen molar-refractivity contribution in [2.45, 2.75) is 13.8 Å². The van der Waals surface area contributed by atoms with E-state index in [9.17, 15) is 0 Å². The van der Waals surface area contributed by atoms with Crippen molar-refractivity contribution in [3.05, 3.63) is 24.0 Å². The van der Waals surface area contributed by atoms with E-state index < -0.39 is 0 Å². The molecule has 1 heterocycles.